The van der Waals surface area contributed by atoms with Gasteiger partial charge in [0.05, 0.1) is 18.2 Å². The normalized spacial score (nSPS) is 10.9. The first kappa shape index (κ1) is 22.7. The van der Waals surface area contributed by atoms with E-state index in [9.17, 15) is 13.6 Å². The van der Waals surface area contributed by atoms with E-state index in [1.54, 1.807) is 30.5 Å². The molecule has 0 spiro atoms. The van der Waals surface area contributed by atoms with Gasteiger partial charge in [0.2, 0.25) is 0 Å². The van der Waals surface area contributed by atoms with Gasteiger partial charge in [-0.05, 0) is 43.7 Å². The molecule has 2 aromatic carbocycles. The first-order valence-corrected chi connectivity index (χ1v) is 10.9. The molecular formula is C23H19BrF2N4O3. The second kappa shape index (κ2) is 9.95. The minimum atomic E-state index is -0.603. The average molecular weight is 517 g/mol. The van der Waals surface area contributed by atoms with E-state index in [2.05, 4.69) is 36.4 Å². The molecule has 0 bridgehead atoms. The lowest BCUT2D eigenvalue weighted by molar-refractivity contribution is 0.339. The van der Waals surface area contributed by atoms with Gasteiger partial charge in [-0.3, -0.25) is 4.79 Å². The molecule has 0 atom stereocenters. The highest BCUT2D eigenvalue weighted by Gasteiger charge is 2.14. The van der Waals surface area contributed by atoms with Crippen LogP contribution < -0.4 is 15.6 Å². The molecule has 2 heterocycles. The lowest BCUT2D eigenvalue weighted by Crippen LogP contribution is -2.09. The number of benzene rings is 2. The highest BCUT2D eigenvalue weighted by molar-refractivity contribution is 9.10. The summed E-state index contributed by atoms with van der Waals surface area (Å²) in [5.74, 6) is 0.614. The first-order valence-electron chi connectivity index (χ1n) is 10.1. The molecule has 0 fully saturated rings. The zero-order valence-corrected chi connectivity index (χ0v) is 19.1. The van der Waals surface area contributed by atoms with Crippen LogP contribution in [-0.2, 0) is 6.42 Å². The fraction of sp³-hybridized carbons (Fsp3) is 0.174. The van der Waals surface area contributed by atoms with E-state index < -0.39 is 11.6 Å². The third kappa shape index (κ3) is 5.28. The zero-order valence-electron chi connectivity index (χ0n) is 17.5. The molecule has 0 unspecified atom stereocenters. The highest BCUT2D eigenvalue weighted by Crippen LogP contribution is 2.33. The van der Waals surface area contributed by atoms with E-state index in [0.717, 1.165) is 0 Å². The quantitative estimate of drug-likeness (QED) is 0.335. The van der Waals surface area contributed by atoms with Gasteiger partial charge in [-0.25, -0.2) is 18.7 Å². The number of halogens is 3. The summed E-state index contributed by atoms with van der Waals surface area (Å²) >= 11 is 3.07. The Morgan fingerprint density at radius 1 is 1.15 bits per heavy atom. The Kier molecular flexibility index (Phi) is 6.83. The van der Waals surface area contributed by atoms with E-state index in [1.807, 2.05) is 6.92 Å². The van der Waals surface area contributed by atoms with Crippen molar-refractivity contribution in [3.05, 3.63) is 80.7 Å². The molecule has 7 nitrogen and oxygen atoms in total. The summed E-state index contributed by atoms with van der Waals surface area (Å²) in [6, 6.07) is 10.8. The van der Waals surface area contributed by atoms with E-state index in [4.69, 9.17) is 9.26 Å². The molecule has 2 N–H and O–H groups in total. The van der Waals surface area contributed by atoms with Crippen molar-refractivity contribution in [3.63, 3.8) is 0 Å². The summed E-state index contributed by atoms with van der Waals surface area (Å²) in [7, 11) is 0. The smallest absolute Gasteiger partial charge is 0.280 e. The Morgan fingerprint density at radius 3 is 2.64 bits per heavy atom. The van der Waals surface area contributed by atoms with Crippen LogP contribution in [0.2, 0.25) is 0 Å². The summed E-state index contributed by atoms with van der Waals surface area (Å²) in [5.41, 5.74) is 0.968. The molecule has 4 aromatic rings. The Labute approximate surface area is 195 Å². The number of aromatic nitrogens is 3. The number of nitrogens with zero attached hydrogens (tertiary/aromatic N) is 2. The second-order valence-corrected chi connectivity index (χ2v) is 7.93. The molecule has 0 saturated heterocycles. The van der Waals surface area contributed by atoms with Gasteiger partial charge in [0.15, 0.2) is 11.6 Å². The van der Waals surface area contributed by atoms with Crippen molar-refractivity contribution in [3.8, 4) is 28.5 Å². The maximum atomic E-state index is 14.0. The molecule has 0 amide bonds. The standard InChI is InChI=1S/C23H19BrF2N4O3/c1-2-32-19-9-13(3-4-16(19)20-12-22(31)30-33-20)23-28-8-6-21(29-23)27-7-5-15-17(25)10-14(24)11-18(15)26/h3-4,6,8-12H,2,5,7H2,1H3,(H,30,31)(H,27,28,29). The third-order valence-electron chi connectivity index (χ3n) is 4.77. The molecule has 0 aliphatic carbocycles. The monoisotopic (exact) mass is 516 g/mol. The number of anilines is 1. The van der Waals surface area contributed by atoms with Crippen LogP contribution in [0.4, 0.5) is 14.6 Å². The van der Waals surface area contributed by atoms with Gasteiger partial charge in [0.25, 0.3) is 5.56 Å². The van der Waals surface area contributed by atoms with E-state index in [0.29, 0.717) is 45.4 Å². The van der Waals surface area contributed by atoms with Gasteiger partial charge in [-0.1, -0.05) is 22.0 Å². The summed E-state index contributed by atoms with van der Waals surface area (Å²) in [4.78, 5) is 20.2. The van der Waals surface area contributed by atoms with Gasteiger partial charge in [0, 0.05) is 28.3 Å². The van der Waals surface area contributed by atoms with Gasteiger partial charge in [-0.15, -0.1) is 0 Å². The van der Waals surface area contributed by atoms with Crippen LogP contribution in [0.25, 0.3) is 22.7 Å². The number of H-pyrrole nitrogens is 1. The Balaban J connectivity index is 1.52. The van der Waals surface area contributed by atoms with Crippen LogP contribution >= 0.6 is 15.9 Å². The van der Waals surface area contributed by atoms with Crippen molar-refractivity contribution in [2.24, 2.45) is 0 Å². The van der Waals surface area contributed by atoms with Crippen molar-refractivity contribution < 1.29 is 18.0 Å². The molecule has 0 radical (unpaired) electrons. The fourth-order valence-electron chi connectivity index (χ4n) is 3.28. The Hall–Kier alpha value is -3.53. The summed E-state index contributed by atoms with van der Waals surface area (Å²) < 4.78 is 39.3. The van der Waals surface area contributed by atoms with Crippen molar-refractivity contribution in [1.82, 2.24) is 15.1 Å². The molecular weight excluding hydrogens is 498 g/mol. The SMILES string of the molecule is CCOc1cc(-c2nccc(NCCc3c(F)cc(Br)cc3F)n2)ccc1-c1cc(=O)[nH]o1. The molecule has 0 aliphatic heterocycles. The number of ether oxygens (including phenoxy) is 1. The number of nitrogens with one attached hydrogen (secondary N) is 2. The van der Waals surface area contributed by atoms with Gasteiger partial charge < -0.3 is 14.6 Å². The van der Waals surface area contributed by atoms with Crippen LogP contribution in [0.5, 0.6) is 5.75 Å². The van der Waals surface area contributed by atoms with Crippen molar-refractivity contribution in [2.75, 3.05) is 18.5 Å². The number of hydrogen-bond acceptors (Lipinski definition) is 6. The van der Waals surface area contributed by atoms with Gasteiger partial charge in [-0.2, -0.15) is 5.16 Å². The second-order valence-electron chi connectivity index (χ2n) is 7.01. The summed E-state index contributed by atoms with van der Waals surface area (Å²) in [6.07, 6.45) is 1.74. The minimum Gasteiger partial charge on any atom is -0.493 e. The van der Waals surface area contributed by atoms with Crippen LogP contribution in [0, 0.1) is 11.6 Å². The van der Waals surface area contributed by atoms with Gasteiger partial charge >= 0.3 is 0 Å². The Morgan fingerprint density at radius 2 is 1.94 bits per heavy atom. The topological polar surface area (TPSA) is 93.0 Å². The summed E-state index contributed by atoms with van der Waals surface area (Å²) in [5, 5.41) is 5.33. The molecule has 4 rings (SSSR count). The molecule has 0 saturated carbocycles. The maximum absolute atomic E-state index is 14.0. The van der Waals surface area contributed by atoms with Gasteiger partial charge in [0.1, 0.15) is 23.2 Å². The van der Waals surface area contributed by atoms with E-state index >= 15 is 0 Å². The lowest BCUT2D eigenvalue weighted by atomic mass is 10.1. The predicted octanol–water partition coefficient (Wildman–Crippen LogP) is 5.19. The lowest BCUT2D eigenvalue weighted by Gasteiger charge is -2.11. The van der Waals surface area contributed by atoms with Crippen LogP contribution in [-0.4, -0.2) is 28.3 Å². The molecule has 2 aromatic heterocycles. The minimum absolute atomic E-state index is 0.00772. The van der Waals surface area contributed by atoms with Crippen LogP contribution in [0.1, 0.15) is 12.5 Å². The predicted molar refractivity (Wildman–Crippen MR) is 123 cm³/mol. The largest absolute Gasteiger partial charge is 0.493 e. The molecule has 10 heteroatoms. The Bertz CT molecular complexity index is 1320. The first-order chi connectivity index (χ1) is 15.9. The fourth-order valence-corrected chi connectivity index (χ4v) is 3.68. The highest BCUT2D eigenvalue weighted by atomic mass is 79.9. The summed E-state index contributed by atoms with van der Waals surface area (Å²) in [6.45, 7) is 2.54. The molecule has 33 heavy (non-hydrogen) atoms. The molecule has 0 aliphatic rings. The number of hydrogen-bond donors (Lipinski definition) is 2. The molecule has 170 valence electrons. The van der Waals surface area contributed by atoms with Crippen molar-refractivity contribution in [1.29, 1.82) is 0 Å². The van der Waals surface area contributed by atoms with Crippen molar-refractivity contribution in [2.45, 2.75) is 13.3 Å². The van der Waals surface area contributed by atoms with Crippen LogP contribution in [0.3, 0.4) is 0 Å². The van der Waals surface area contributed by atoms with E-state index in [-0.39, 0.29) is 24.1 Å². The number of rotatable bonds is 8. The third-order valence-corrected chi connectivity index (χ3v) is 5.23. The van der Waals surface area contributed by atoms with E-state index in [1.165, 1.54) is 18.2 Å². The maximum Gasteiger partial charge on any atom is 0.280 e. The van der Waals surface area contributed by atoms with Crippen LogP contribution in [0.15, 0.2) is 62.5 Å². The average Bonchev–Trinajstić information content (AvgIpc) is 3.22. The zero-order chi connectivity index (χ0) is 23.4. The van der Waals surface area contributed by atoms with Crippen molar-refractivity contribution >= 4 is 21.7 Å². The number of aromatic amines is 1.